The van der Waals surface area contributed by atoms with Gasteiger partial charge in [0.25, 0.3) is 11.6 Å². The molecule has 0 aromatic heterocycles. The number of carbonyl (C=O) groups is 1. The highest BCUT2D eigenvalue weighted by Gasteiger charge is 2.32. The van der Waals surface area contributed by atoms with Crippen molar-refractivity contribution in [3.8, 4) is 0 Å². The van der Waals surface area contributed by atoms with E-state index in [1.54, 1.807) is 37.2 Å². The second-order valence-corrected chi connectivity index (χ2v) is 4.45. The summed E-state index contributed by atoms with van der Waals surface area (Å²) in [4.78, 5) is 25.1. The Bertz CT molecular complexity index is 612. The number of thiocarbonyl (C=S) groups is 1. The van der Waals surface area contributed by atoms with E-state index < -0.39 is 4.92 Å². The predicted octanol–water partition coefficient (Wildman–Crippen LogP) is 1.62. The molecule has 19 heavy (non-hydrogen) atoms. The van der Waals surface area contributed by atoms with Crippen molar-refractivity contribution in [2.24, 2.45) is 0 Å². The van der Waals surface area contributed by atoms with E-state index in [0.29, 0.717) is 16.4 Å². The maximum absolute atomic E-state index is 11.9. The van der Waals surface area contributed by atoms with E-state index in [-0.39, 0.29) is 11.6 Å². The van der Waals surface area contributed by atoms with Crippen molar-refractivity contribution in [3.05, 3.63) is 45.6 Å². The van der Waals surface area contributed by atoms with Gasteiger partial charge in [0.05, 0.1) is 4.92 Å². The Labute approximate surface area is 115 Å². The van der Waals surface area contributed by atoms with Crippen LogP contribution in [0.2, 0.25) is 0 Å². The smallest absolute Gasteiger partial charge is 0.276 e. The number of rotatable bonds is 2. The van der Waals surface area contributed by atoms with E-state index >= 15 is 0 Å². The van der Waals surface area contributed by atoms with Gasteiger partial charge in [-0.15, -0.1) is 0 Å². The highest BCUT2D eigenvalue weighted by Crippen LogP contribution is 2.22. The molecule has 0 unspecified atom stereocenters. The normalized spacial score (nSPS) is 17.5. The quantitative estimate of drug-likeness (QED) is 0.356. The van der Waals surface area contributed by atoms with Crippen molar-refractivity contribution in [2.75, 3.05) is 14.1 Å². The van der Waals surface area contributed by atoms with Gasteiger partial charge < -0.3 is 4.90 Å². The lowest BCUT2D eigenvalue weighted by Gasteiger charge is -2.10. The van der Waals surface area contributed by atoms with E-state index in [1.165, 1.54) is 17.0 Å². The Kier molecular flexibility index (Phi) is 3.30. The third-order valence-electron chi connectivity index (χ3n) is 2.84. The summed E-state index contributed by atoms with van der Waals surface area (Å²) >= 11 is 5.08. The zero-order chi connectivity index (χ0) is 14.2. The molecule has 1 fully saturated rings. The van der Waals surface area contributed by atoms with Crippen molar-refractivity contribution in [1.82, 2.24) is 9.80 Å². The minimum Gasteiger partial charge on any atom is -0.317 e. The number of nitro groups is 1. The van der Waals surface area contributed by atoms with Crippen LogP contribution in [0.4, 0.5) is 5.69 Å². The lowest BCUT2D eigenvalue weighted by molar-refractivity contribution is -0.384. The summed E-state index contributed by atoms with van der Waals surface area (Å²) in [5.74, 6) is -0.223. The SMILES string of the molecule is CN1C(=O)C(=Cc2cccc([N+](=O)[O-])c2)N(C)C1=S. The molecule has 0 spiro atoms. The number of nitrogens with zero attached hydrogens (tertiary/aromatic N) is 3. The predicted molar refractivity (Wildman–Crippen MR) is 74.2 cm³/mol. The third-order valence-corrected chi connectivity index (χ3v) is 3.39. The molecule has 0 bridgehead atoms. The monoisotopic (exact) mass is 277 g/mol. The van der Waals surface area contributed by atoms with Gasteiger partial charge in [-0.3, -0.25) is 19.8 Å². The molecular formula is C12H11N3O3S. The fourth-order valence-corrected chi connectivity index (χ4v) is 1.96. The average molecular weight is 277 g/mol. The van der Waals surface area contributed by atoms with E-state index in [1.807, 2.05) is 0 Å². The molecule has 1 aromatic carbocycles. The first-order chi connectivity index (χ1) is 8.91. The molecule has 1 heterocycles. The Morgan fingerprint density at radius 1 is 1.32 bits per heavy atom. The molecule has 7 heteroatoms. The molecule has 0 aliphatic carbocycles. The first-order valence-corrected chi connectivity index (χ1v) is 5.84. The van der Waals surface area contributed by atoms with Gasteiger partial charge >= 0.3 is 0 Å². The highest BCUT2D eigenvalue weighted by atomic mass is 32.1. The van der Waals surface area contributed by atoms with Crippen LogP contribution in [0.1, 0.15) is 5.56 Å². The molecule has 0 saturated carbocycles. The van der Waals surface area contributed by atoms with Gasteiger partial charge in [-0.1, -0.05) is 12.1 Å². The molecule has 1 amide bonds. The summed E-state index contributed by atoms with van der Waals surface area (Å²) in [6.07, 6.45) is 1.59. The van der Waals surface area contributed by atoms with Crippen LogP contribution in [0.5, 0.6) is 0 Å². The zero-order valence-electron chi connectivity index (χ0n) is 10.4. The second kappa shape index (κ2) is 4.77. The van der Waals surface area contributed by atoms with Gasteiger partial charge in [-0.2, -0.15) is 0 Å². The van der Waals surface area contributed by atoms with Gasteiger partial charge in [0.15, 0.2) is 5.11 Å². The number of benzene rings is 1. The molecule has 0 N–H and O–H groups in total. The summed E-state index contributed by atoms with van der Waals surface area (Å²) in [7, 11) is 3.28. The van der Waals surface area contributed by atoms with Crippen LogP contribution in [-0.2, 0) is 4.79 Å². The van der Waals surface area contributed by atoms with Crippen LogP contribution in [-0.4, -0.2) is 39.8 Å². The summed E-state index contributed by atoms with van der Waals surface area (Å²) < 4.78 is 0. The Hall–Kier alpha value is -2.28. The van der Waals surface area contributed by atoms with E-state index in [2.05, 4.69) is 0 Å². The van der Waals surface area contributed by atoms with Crippen molar-refractivity contribution >= 4 is 35.0 Å². The van der Waals surface area contributed by atoms with Gasteiger partial charge in [0, 0.05) is 26.2 Å². The minimum absolute atomic E-state index is 0.0154. The number of amides is 1. The molecule has 6 nitrogen and oxygen atoms in total. The lowest BCUT2D eigenvalue weighted by Crippen LogP contribution is -2.26. The Balaban J connectivity index is 2.41. The lowest BCUT2D eigenvalue weighted by atomic mass is 10.1. The van der Waals surface area contributed by atoms with Gasteiger partial charge in [-0.05, 0) is 23.9 Å². The topological polar surface area (TPSA) is 66.7 Å². The standard InChI is InChI=1S/C12H11N3O3S/c1-13-10(11(16)14(2)12(13)19)7-8-4-3-5-9(6-8)15(17)18/h3-7H,1-2H3. The van der Waals surface area contributed by atoms with Gasteiger partial charge in [0.1, 0.15) is 5.70 Å². The van der Waals surface area contributed by atoms with Crippen LogP contribution < -0.4 is 0 Å². The summed E-state index contributed by atoms with van der Waals surface area (Å²) in [6.45, 7) is 0. The fourth-order valence-electron chi connectivity index (χ4n) is 1.77. The van der Waals surface area contributed by atoms with Crippen LogP contribution >= 0.6 is 12.2 Å². The number of likely N-dealkylation sites (N-methyl/N-ethyl adjacent to an activating group) is 2. The Morgan fingerprint density at radius 3 is 2.53 bits per heavy atom. The molecule has 0 atom stereocenters. The molecule has 2 rings (SSSR count). The first kappa shape index (κ1) is 13.2. The van der Waals surface area contributed by atoms with E-state index in [9.17, 15) is 14.9 Å². The maximum atomic E-state index is 11.9. The number of hydrogen-bond acceptors (Lipinski definition) is 4. The first-order valence-electron chi connectivity index (χ1n) is 5.43. The van der Waals surface area contributed by atoms with E-state index in [0.717, 1.165) is 0 Å². The van der Waals surface area contributed by atoms with Gasteiger partial charge in [-0.25, -0.2) is 0 Å². The molecule has 0 radical (unpaired) electrons. The van der Waals surface area contributed by atoms with Crippen LogP contribution in [0, 0.1) is 10.1 Å². The molecule has 1 aromatic rings. The molecule has 98 valence electrons. The summed E-state index contributed by atoms with van der Waals surface area (Å²) in [5.41, 5.74) is 0.967. The van der Waals surface area contributed by atoms with Crippen LogP contribution in [0.3, 0.4) is 0 Å². The Morgan fingerprint density at radius 2 is 2.00 bits per heavy atom. The third kappa shape index (κ3) is 2.32. The second-order valence-electron chi connectivity index (χ2n) is 4.09. The summed E-state index contributed by atoms with van der Waals surface area (Å²) in [6, 6.07) is 6.09. The zero-order valence-corrected chi connectivity index (χ0v) is 11.2. The molecule has 1 saturated heterocycles. The van der Waals surface area contributed by atoms with Crippen molar-refractivity contribution in [3.63, 3.8) is 0 Å². The maximum Gasteiger partial charge on any atom is 0.276 e. The average Bonchev–Trinajstić information content (AvgIpc) is 2.57. The number of nitro benzene ring substituents is 1. The van der Waals surface area contributed by atoms with Crippen LogP contribution in [0.15, 0.2) is 30.0 Å². The molecule has 1 aliphatic rings. The number of non-ortho nitro benzene ring substituents is 1. The summed E-state index contributed by atoms with van der Waals surface area (Å²) in [5, 5.41) is 11.1. The van der Waals surface area contributed by atoms with Crippen molar-refractivity contribution < 1.29 is 9.72 Å². The van der Waals surface area contributed by atoms with Crippen LogP contribution in [0.25, 0.3) is 6.08 Å². The van der Waals surface area contributed by atoms with Crippen molar-refractivity contribution in [1.29, 1.82) is 0 Å². The van der Waals surface area contributed by atoms with Gasteiger partial charge in [0.2, 0.25) is 0 Å². The number of hydrogen-bond donors (Lipinski definition) is 0. The fraction of sp³-hybridized carbons (Fsp3) is 0.167. The number of carbonyl (C=O) groups excluding carboxylic acids is 1. The van der Waals surface area contributed by atoms with E-state index in [4.69, 9.17) is 12.2 Å². The molecular weight excluding hydrogens is 266 g/mol. The highest BCUT2D eigenvalue weighted by molar-refractivity contribution is 7.80. The largest absolute Gasteiger partial charge is 0.317 e. The minimum atomic E-state index is -0.473. The molecule has 1 aliphatic heterocycles. The van der Waals surface area contributed by atoms with Crippen molar-refractivity contribution in [2.45, 2.75) is 0 Å².